The Morgan fingerprint density at radius 3 is 2.45 bits per heavy atom. The summed E-state index contributed by atoms with van der Waals surface area (Å²) in [6.45, 7) is 9.03. The van der Waals surface area contributed by atoms with Crippen LogP contribution in [0.4, 0.5) is 0 Å². The number of rotatable bonds is 7. The second-order valence-corrected chi connectivity index (χ2v) is 6.63. The first-order valence-corrected chi connectivity index (χ1v) is 7.95. The SMILES string of the molecule is Cc1ccc(CNCCOc2ccc(C(C)C)cc2)s1. The zero-order valence-corrected chi connectivity index (χ0v) is 13.3. The number of hydrogen-bond donors (Lipinski definition) is 1. The Balaban J connectivity index is 1.65. The molecule has 0 aliphatic heterocycles. The highest BCUT2D eigenvalue weighted by atomic mass is 32.1. The lowest BCUT2D eigenvalue weighted by Crippen LogP contribution is -2.20. The van der Waals surface area contributed by atoms with Gasteiger partial charge in [0.15, 0.2) is 0 Å². The second-order valence-electron chi connectivity index (χ2n) is 5.26. The molecule has 2 rings (SSSR count). The van der Waals surface area contributed by atoms with Crippen molar-refractivity contribution in [3.8, 4) is 5.75 Å². The summed E-state index contributed by atoms with van der Waals surface area (Å²) in [6.07, 6.45) is 0. The zero-order chi connectivity index (χ0) is 14.4. The number of ether oxygens (including phenoxy) is 1. The van der Waals surface area contributed by atoms with Gasteiger partial charge in [0.25, 0.3) is 0 Å². The van der Waals surface area contributed by atoms with Crippen molar-refractivity contribution in [2.24, 2.45) is 0 Å². The summed E-state index contributed by atoms with van der Waals surface area (Å²) in [5.41, 5.74) is 1.35. The van der Waals surface area contributed by atoms with Crippen LogP contribution in [0.1, 0.15) is 35.1 Å². The zero-order valence-electron chi connectivity index (χ0n) is 12.5. The minimum absolute atomic E-state index is 0.569. The van der Waals surface area contributed by atoms with Crippen LogP contribution in [0.15, 0.2) is 36.4 Å². The molecule has 2 nitrogen and oxygen atoms in total. The fourth-order valence-electron chi connectivity index (χ4n) is 1.98. The van der Waals surface area contributed by atoms with Crippen molar-refractivity contribution in [1.29, 1.82) is 0 Å². The Bertz CT molecular complexity index is 516. The Hall–Kier alpha value is -1.32. The van der Waals surface area contributed by atoms with Gasteiger partial charge in [0.1, 0.15) is 12.4 Å². The number of thiophene rings is 1. The van der Waals surface area contributed by atoms with Gasteiger partial charge in [0.05, 0.1) is 0 Å². The quantitative estimate of drug-likeness (QED) is 0.765. The average molecular weight is 289 g/mol. The molecule has 0 fully saturated rings. The third-order valence-corrected chi connectivity index (χ3v) is 4.19. The molecule has 0 radical (unpaired) electrons. The largest absolute Gasteiger partial charge is 0.492 e. The lowest BCUT2D eigenvalue weighted by Gasteiger charge is -2.09. The highest BCUT2D eigenvalue weighted by molar-refractivity contribution is 7.11. The lowest BCUT2D eigenvalue weighted by atomic mass is 10.0. The topological polar surface area (TPSA) is 21.3 Å². The Labute approximate surface area is 125 Å². The van der Waals surface area contributed by atoms with Crippen LogP contribution >= 0.6 is 11.3 Å². The predicted molar refractivity (Wildman–Crippen MR) is 86.8 cm³/mol. The van der Waals surface area contributed by atoms with Gasteiger partial charge in [-0.3, -0.25) is 0 Å². The van der Waals surface area contributed by atoms with Gasteiger partial charge in [-0.2, -0.15) is 0 Å². The van der Waals surface area contributed by atoms with Crippen LogP contribution in [0, 0.1) is 6.92 Å². The molecule has 0 unspecified atom stereocenters. The molecule has 1 heterocycles. The van der Waals surface area contributed by atoms with E-state index in [2.05, 4.69) is 62.5 Å². The summed E-state index contributed by atoms with van der Waals surface area (Å²) in [6, 6.07) is 12.7. The molecule has 0 amide bonds. The molecule has 3 heteroatoms. The van der Waals surface area contributed by atoms with E-state index in [0.717, 1.165) is 18.8 Å². The molecule has 20 heavy (non-hydrogen) atoms. The van der Waals surface area contributed by atoms with Gasteiger partial charge < -0.3 is 10.1 Å². The van der Waals surface area contributed by atoms with Crippen molar-refractivity contribution in [2.45, 2.75) is 33.2 Å². The summed E-state index contributed by atoms with van der Waals surface area (Å²) in [5.74, 6) is 1.52. The van der Waals surface area contributed by atoms with Crippen molar-refractivity contribution in [3.63, 3.8) is 0 Å². The first kappa shape index (κ1) is 15.1. The average Bonchev–Trinajstić information content (AvgIpc) is 2.84. The molecule has 0 atom stereocenters. The van der Waals surface area contributed by atoms with E-state index in [1.807, 2.05) is 11.3 Å². The molecule has 0 aliphatic rings. The van der Waals surface area contributed by atoms with Crippen LogP contribution < -0.4 is 10.1 Å². The van der Waals surface area contributed by atoms with Gasteiger partial charge in [-0.05, 0) is 42.7 Å². The van der Waals surface area contributed by atoms with E-state index in [0.29, 0.717) is 12.5 Å². The first-order valence-electron chi connectivity index (χ1n) is 7.14. The summed E-state index contributed by atoms with van der Waals surface area (Å²) in [7, 11) is 0. The number of benzene rings is 1. The van der Waals surface area contributed by atoms with Gasteiger partial charge >= 0.3 is 0 Å². The minimum Gasteiger partial charge on any atom is -0.492 e. The number of nitrogens with one attached hydrogen (secondary N) is 1. The highest BCUT2D eigenvalue weighted by Gasteiger charge is 2.00. The minimum atomic E-state index is 0.569. The molecular weight excluding hydrogens is 266 g/mol. The van der Waals surface area contributed by atoms with Crippen LogP contribution in [-0.4, -0.2) is 13.2 Å². The van der Waals surface area contributed by atoms with Crippen molar-refractivity contribution in [3.05, 3.63) is 51.7 Å². The van der Waals surface area contributed by atoms with Gasteiger partial charge in [0, 0.05) is 22.8 Å². The number of hydrogen-bond acceptors (Lipinski definition) is 3. The van der Waals surface area contributed by atoms with E-state index < -0.39 is 0 Å². The maximum atomic E-state index is 5.72. The molecule has 0 bridgehead atoms. The molecule has 1 aromatic heterocycles. The molecule has 0 spiro atoms. The van der Waals surface area contributed by atoms with Crippen LogP contribution in [0.2, 0.25) is 0 Å². The van der Waals surface area contributed by atoms with Gasteiger partial charge in [-0.1, -0.05) is 26.0 Å². The van der Waals surface area contributed by atoms with E-state index in [9.17, 15) is 0 Å². The van der Waals surface area contributed by atoms with Gasteiger partial charge in [0.2, 0.25) is 0 Å². The van der Waals surface area contributed by atoms with Crippen molar-refractivity contribution in [2.75, 3.05) is 13.2 Å². The molecule has 1 N–H and O–H groups in total. The molecule has 0 aliphatic carbocycles. The molecule has 2 aromatic rings. The summed E-state index contributed by atoms with van der Waals surface area (Å²) >= 11 is 1.84. The molecule has 0 saturated carbocycles. The highest BCUT2D eigenvalue weighted by Crippen LogP contribution is 2.18. The van der Waals surface area contributed by atoms with Crippen molar-refractivity contribution in [1.82, 2.24) is 5.32 Å². The second kappa shape index (κ2) is 7.46. The van der Waals surface area contributed by atoms with E-state index in [1.54, 1.807) is 0 Å². The summed E-state index contributed by atoms with van der Waals surface area (Å²) in [5, 5.41) is 3.40. The lowest BCUT2D eigenvalue weighted by molar-refractivity contribution is 0.314. The van der Waals surface area contributed by atoms with Crippen LogP contribution in [0.25, 0.3) is 0 Å². The van der Waals surface area contributed by atoms with Crippen LogP contribution in [0.5, 0.6) is 5.75 Å². The van der Waals surface area contributed by atoms with E-state index in [1.165, 1.54) is 15.3 Å². The van der Waals surface area contributed by atoms with Gasteiger partial charge in [-0.25, -0.2) is 0 Å². The fourth-order valence-corrected chi connectivity index (χ4v) is 2.84. The Kier molecular flexibility index (Phi) is 5.62. The van der Waals surface area contributed by atoms with Crippen molar-refractivity contribution < 1.29 is 4.74 Å². The number of aryl methyl sites for hydroxylation is 1. The predicted octanol–water partition coefficient (Wildman–Crippen LogP) is 4.35. The van der Waals surface area contributed by atoms with Crippen LogP contribution in [0.3, 0.4) is 0 Å². The molecular formula is C17H23NOS. The van der Waals surface area contributed by atoms with Gasteiger partial charge in [-0.15, -0.1) is 11.3 Å². The summed E-state index contributed by atoms with van der Waals surface area (Å²) < 4.78 is 5.72. The monoisotopic (exact) mass is 289 g/mol. The Morgan fingerprint density at radius 1 is 1.10 bits per heavy atom. The first-order chi connectivity index (χ1) is 9.65. The fraction of sp³-hybridized carbons (Fsp3) is 0.412. The maximum absolute atomic E-state index is 5.72. The van der Waals surface area contributed by atoms with E-state index in [-0.39, 0.29) is 0 Å². The summed E-state index contributed by atoms with van der Waals surface area (Å²) in [4.78, 5) is 2.74. The maximum Gasteiger partial charge on any atom is 0.119 e. The molecule has 0 saturated heterocycles. The third kappa shape index (κ3) is 4.66. The smallest absolute Gasteiger partial charge is 0.119 e. The normalized spacial score (nSPS) is 11.0. The van der Waals surface area contributed by atoms with E-state index >= 15 is 0 Å². The molecule has 108 valence electrons. The molecule has 1 aromatic carbocycles. The van der Waals surface area contributed by atoms with Crippen LogP contribution in [-0.2, 0) is 6.54 Å². The third-order valence-electron chi connectivity index (χ3n) is 3.19. The standard InChI is InChI=1S/C17H23NOS/c1-13(2)15-5-7-16(8-6-15)19-11-10-18-12-17-9-4-14(3)20-17/h4-9,13,18H,10-12H2,1-3H3. The Morgan fingerprint density at radius 2 is 1.85 bits per heavy atom. The van der Waals surface area contributed by atoms with Crippen molar-refractivity contribution >= 4 is 11.3 Å². The van der Waals surface area contributed by atoms with E-state index in [4.69, 9.17) is 4.74 Å².